The second-order valence-corrected chi connectivity index (χ2v) is 8.95. The van der Waals surface area contributed by atoms with Crippen LogP contribution in [0, 0.1) is 5.92 Å². The number of alkyl carbamates (subject to hydrolysis) is 1. The smallest absolute Gasteiger partial charge is 0.407 e. The molecule has 3 atom stereocenters. The number of nitrogens with zero attached hydrogens (tertiary/aromatic N) is 1. The minimum atomic E-state index is -1.09. The molecule has 7 nitrogen and oxygen atoms in total. The van der Waals surface area contributed by atoms with Crippen LogP contribution < -0.4 is 5.32 Å². The molecule has 2 N–H and O–H groups in total. The van der Waals surface area contributed by atoms with Gasteiger partial charge in [-0.3, -0.25) is 4.79 Å². The number of rotatable bonds is 5. The Labute approximate surface area is 186 Å². The number of carboxylic acids is 1. The average Bonchev–Trinajstić information content (AvgIpc) is 3.48. The Morgan fingerprint density at radius 1 is 1.12 bits per heavy atom. The van der Waals surface area contributed by atoms with E-state index in [9.17, 15) is 19.5 Å². The van der Waals surface area contributed by atoms with Crippen molar-refractivity contribution in [2.45, 2.75) is 43.7 Å². The van der Waals surface area contributed by atoms with E-state index >= 15 is 0 Å². The predicted molar refractivity (Wildman–Crippen MR) is 117 cm³/mol. The molecule has 0 unspecified atom stereocenters. The summed E-state index contributed by atoms with van der Waals surface area (Å²) in [6, 6.07) is 15.3. The molecular formula is C25H26N2O5. The van der Waals surface area contributed by atoms with Crippen molar-refractivity contribution in [3.63, 3.8) is 0 Å². The Bertz CT molecular complexity index is 1050. The van der Waals surface area contributed by atoms with E-state index in [0.29, 0.717) is 13.0 Å². The lowest BCUT2D eigenvalue weighted by atomic mass is 9.98. The number of carbonyl (C=O) groups excluding carboxylic acids is 2. The molecule has 1 saturated carbocycles. The van der Waals surface area contributed by atoms with E-state index in [1.165, 1.54) is 4.90 Å². The van der Waals surface area contributed by atoms with Crippen molar-refractivity contribution in [1.82, 2.24) is 10.2 Å². The Balaban J connectivity index is 1.23. The molecule has 5 rings (SSSR count). The molecule has 0 bridgehead atoms. The van der Waals surface area contributed by atoms with Gasteiger partial charge in [0.25, 0.3) is 0 Å². The molecule has 2 amide bonds. The molecule has 0 aromatic heterocycles. The van der Waals surface area contributed by atoms with Crippen molar-refractivity contribution < 1.29 is 24.2 Å². The maximum atomic E-state index is 13.0. The van der Waals surface area contributed by atoms with E-state index in [0.717, 1.165) is 35.1 Å². The quantitative estimate of drug-likeness (QED) is 0.752. The highest BCUT2D eigenvalue weighted by Gasteiger charge is 2.67. The predicted octanol–water partition coefficient (Wildman–Crippen LogP) is 3.38. The van der Waals surface area contributed by atoms with E-state index < -0.39 is 23.6 Å². The first kappa shape index (κ1) is 20.5. The zero-order chi connectivity index (χ0) is 22.5. The summed E-state index contributed by atoms with van der Waals surface area (Å²) in [7, 11) is 0. The number of benzene rings is 2. The molecule has 2 aliphatic carbocycles. The van der Waals surface area contributed by atoms with Gasteiger partial charge < -0.3 is 20.1 Å². The third-order valence-electron chi connectivity index (χ3n) is 7.17. The van der Waals surface area contributed by atoms with Crippen LogP contribution in [0.5, 0.6) is 0 Å². The molecular weight excluding hydrogens is 408 g/mol. The SMILES string of the molecule is C[C@@H](NC(=O)OCC1c2ccccc2-c2ccccc21)C(=O)N1CCC[C@H]2C[C@]21C(=O)O. The Hall–Kier alpha value is -3.35. The molecule has 7 heteroatoms. The summed E-state index contributed by atoms with van der Waals surface area (Å²) in [5, 5.41) is 12.3. The molecule has 1 aliphatic heterocycles. The van der Waals surface area contributed by atoms with Crippen molar-refractivity contribution in [2.24, 2.45) is 5.92 Å². The van der Waals surface area contributed by atoms with Crippen LogP contribution in [0.2, 0.25) is 0 Å². The zero-order valence-electron chi connectivity index (χ0n) is 17.9. The van der Waals surface area contributed by atoms with Crippen LogP contribution >= 0.6 is 0 Å². The average molecular weight is 434 g/mol. The van der Waals surface area contributed by atoms with Gasteiger partial charge in [0.15, 0.2) is 0 Å². The van der Waals surface area contributed by atoms with Gasteiger partial charge in [-0.05, 0) is 54.4 Å². The van der Waals surface area contributed by atoms with Crippen LogP contribution in [0.1, 0.15) is 43.2 Å². The first-order chi connectivity index (χ1) is 15.4. The van der Waals surface area contributed by atoms with E-state index in [4.69, 9.17) is 4.74 Å². The fourth-order valence-electron chi connectivity index (χ4n) is 5.48. The zero-order valence-corrected chi connectivity index (χ0v) is 17.9. The van der Waals surface area contributed by atoms with Crippen molar-refractivity contribution >= 4 is 18.0 Å². The Kier molecular flexibility index (Phi) is 4.92. The Morgan fingerprint density at radius 2 is 1.75 bits per heavy atom. The summed E-state index contributed by atoms with van der Waals surface area (Å²) in [6.45, 7) is 2.13. The lowest BCUT2D eigenvalue weighted by molar-refractivity contribution is -0.155. The van der Waals surface area contributed by atoms with E-state index in [-0.39, 0.29) is 24.3 Å². The summed E-state index contributed by atoms with van der Waals surface area (Å²) in [5.74, 6) is -1.38. The second-order valence-electron chi connectivity index (χ2n) is 8.95. The number of aliphatic carboxylic acids is 1. The molecule has 1 saturated heterocycles. The van der Waals surface area contributed by atoms with Crippen molar-refractivity contribution in [2.75, 3.05) is 13.2 Å². The highest BCUT2D eigenvalue weighted by Crippen LogP contribution is 2.54. The number of carbonyl (C=O) groups is 3. The fraction of sp³-hybridized carbons (Fsp3) is 0.400. The van der Waals surface area contributed by atoms with E-state index in [1.54, 1.807) is 6.92 Å². The summed E-state index contributed by atoms with van der Waals surface area (Å²) >= 11 is 0. The second kappa shape index (κ2) is 7.65. The van der Waals surface area contributed by atoms with Gasteiger partial charge in [-0.15, -0.1) is 0 Å². The number of fused-ring (bicyclic) bond motifs is 4. The van der Waals surface area contributed by atoms with Gasteiger partial charge in [-0.2, -0.15) is 0 Å². The van der Waals surface area contributed by atoms with Crippen LogP contribution in [0.3, 0.4) is 0 Å². The largest absolute Gasteiger partial charge is 0.479 e. The van der Waals surface area contributed by atoms with Gasteiger partial charge in [0, 0.05) is 12.5 Å². The van der Waals surface area contributed by atoms with Crippen molar-refractivity contribution in [3.05, 3.63) is 59.7 Å². The lowest BCUT2D eigenvalue weighted by Crippen LogP contribution is -2.56. The third-order valence-corrected chi connectivity index (χ3v) is 7.17. The minimum Gasteiger partial charge on any atom is -0.479 e. The number of ether oxygens (including phenoxy) is 1. The standard InChI is InChI=1S/C25H26N2O5/c1-15(22(28)27-12-6-7-16-13-25(16,27)23(29)30)26-24(31)32-14-21-19-10-4-2-8-17(19)18-9-3-5-11-20(18)21/h2-5,8-11,15-16,21H,6-7,12-14H2,1H3,(H,26,31)(H,29,30)/t15-,16+,25-/m1/s1. The monoisotopic (exact) mass is 434 g/mol. The molecule has 0 spiro atoms. The summed E-state index contributed by atoms with van der Waals surface area (Å²) in [5.41, 5.74) is 3.42. The topological polar surface area (TPSA) is 95.9 Å². The maximum Gasteiger partial charge on any atom is 0.407 e. The molecule has 2 fully saturated rings. The number of amides is 2. The van der Waals surface area contributed by atoms with Crippen molar-refractivity contribution in [1.29, 1.82) is 0 Å². The van der Waals surface area contributed by atoms with Gasteiger partial charge in [-0.25, -0.2) is 9.59 Å². The van der Waals surface area contributed by atoms with Gasteiger partial charge in [0.1, 0.15) is 18.2 Å². The number of hydrogen-bond acceptors (Lipinski definition) is 4. The number of piperidine rings is 1. The van der Waals surface area contributed by atoms with Crippen LogP contribution in [0.4, 0.5) is 4.79 Å². The number of nitrogens with one attached hydrogen (secondary N) is 1. The minimum absolute atomic E-state index is 0.0133. The normalized spacial score (nSPS) is 24.0. The van der Waals surface area contributed by atoms with Crippen LogP contribution in [-0.2, 0) is 14.3 Å². The van der Waals surface area contributed by atoms with Gasteiger partial charge >= 0.3 is 12.1 Å². The molecule has 0 radical (unpaired) electrons. The van der Waals surface area contributed by atoms with Gasteiger partial charge in [0.05, 0.1) is 0 Å². The first-order valence-electron chi connectivity index (χ1n) is 11.1. The number of carboxylic acid groups (broad SMARTS) is 1. The third kappa shape index (κ3) is 3.15. The molecule has 2 aromatic rings. The van der Waals surface area contributed by atoms with Crippen LogP contribution in [-0.4, -0.2) is 52.7 Å². The van der Waals surface area contributed by atoms with Gasteiger partial charge in [-0.1, -0.05) is 48.5 Å². The highest BCUT2D eigenvalue weighted by molar-refractivity contribution is 5.93. The maximum absolute atomic E-state index is 13.0. The number of likely N-dealkylation sites (tertiary alicyclic amines) is 1. The first-order valence-corrected chi connectivity index (χ1v) is 11.1. The van der Waals surface area contributed by atoms with E-state index in [2.05, 4.69) is 17.4 Å². The van der Waals surface area contributed by atoms with Crippen LogP contribution in [0.15, 0.2) is 48.5 Å². The van der Waals surface area contributed by atoms with Crippen LogP contribution in [0.25, 0.3) is 11.1 Å². The Morgan fingerprint density at radius 3 is 2.38 bits per heavy atom. The molecule has 3 aliphatic rings. The summed E-state index contributed by atoms with van der Waals surface area (Å²) in [6.07, 6.45) is 1.42. The van der Waals surface area contributed by atoms with Gasteiger partial charge in [0.2, 0.25) is 5.91 Å². The fourth-order valence-corrected chi connectivity index (χ4v) is 5.48. The van der Waals surface area contributed by atoms with E-state index in [1.807, 2.05) is 36.4 Å². The summed E-state index contributed by atoms with van der Waals surface area (Å²) in [4.78, 5) is 38.7. The summed E-state index contributed by atoms with van der Waals surface area (Å²) < 4.78 is 5.52. The molecule has 1 heterocycles. The van der Waals surface area contributed by atoms with Crippen molar-refractivity contribution in [3.8, 4) is 11.1 Å². The molecule has 32 heavy (non-hydrogen) atoms. The molecule has 166 valence electrons. The highest BCUT2D eigenvalue weighted by atomic mass is 16.5. The number of hydrogen-bond donors (Lipinski definition) is 2. The lowest BCUT2D eigenvalue weighted by Gasteiger charge is -2.35. The molecule has 2 aromatic carbocycles.